The van der Waals surface area contributed by atoms with Gasteiger partial charge in [0.05, 0.1) is 18.9 Å². The molecule has 0 spiro atoms. The van der Waals surface area contributed by atoms with Gasteiger partial charge in [-0.2, -0.15) is 0 Å². The molecule has 0 bridgehead atoms. The molecule has 0 amide bonds. The average molecular weight is 264 g/mol. The number of fused-ring (bicyclic) bond motifs is 1. The molecule has 19 heavy (non-hydrogen) atoms. The van der Waals surface area contributed by atoms with Gasteiger partial charge >= 0.3 is 5.97 Å². The molecule has 0 aromatic rings. The van der Waals surface area contributed by atoms with E-state index in [1.54, 1.807) is 19.1 Å². The zero-order valence-corrected chi connectivity index (χ0v) is 10.9. The van der Waals surface area contributed by atoms with Gasteiger partial charge in [0.1, 0.15) is 0 Å². The lowest BCUT2D eigenvalue weighted by molar-refractivity contribution is -0.146. The molecule has 2 aliphatic rings. The van der Waals surface area contributed by atoms with Crippen molar-refractivity contribution in [3.8, 4) is 0 Å². The molecule has 0 unspecified atom stereocenters. The predicted molar refractivity (Wildman–Crippen MR) is 66.2 cm³/mol. The van der Waals surface area contributed by atoms with E-state index in [0.29, 0.717) is 6.42 Å². The fourth-order valence-electron chi connectivity index (χ4n) is 3.00. The molecule has 0 aromatic heterocycles. The van der Waals surface area contributed by atoms with Gasteiger partial charge in [-0.15, -0.1) is 0 Å². The highest BCUT2D eigenvalue weighted by Gasteiger charge is 2.54. The molecule has 3 atom stereocenters. The van der Waals surface area contributed by atoms with Crippen LogP contribution in [-0.2, 0) is 19.1 Å². The highest BCUT2D eigenvalue weighted by Crippen LogP contribution is 2.48. The van der Waals surface area contributed by atoms with Gasteiger partial charge in [0.15, 0.2) is 11.5 Å². The van der Waals surface area contributed by atoms with E-state index in [2.05, 4.69) is 0 Å². The van der Waals surface area contributed by atoms with Crippen LogP contribution in [0.3, 0.4) is 0 Å². The molecule has 0 fully saturated rings. The smallest absolute Gasteiger partial charge is 0.303 e. The summed E-state index contributed by atoms with van der Waals surface area (Å²) in [7, 11) is 1.34. The molecule has 0 saturated carbocycles. The van der Waals surface area contributed by atoms with Gasteiger partial charge in [0, 0.05) is 17.9 Å². The lowest BCUT2D eigenvalue weighted by atomic mass is 9.57. The minimum atomic E-state index is -1.02. The molecule has 102 valence electrons. The molecule has 2 rings (SSSR count). The molecule has 5 heteroatoms. The van der Waals surface area contributed by atoms with Gasteiger partial charge in [-0.25, -0.2) is 0 Å². The Hall–Kier alpha value is -1.91. The maximum Gasteiger partial charge on any atom is 0.303 e. The summed E-state index contributed by atoms with van der Waals surface area (Å²) in [6.07, 6.45) is 5.04. The van der Waals surface area contributed by atoms with Crippen molar-refractivity contribution in [1.29, 1.82) is 0 Å². The van der Waals surface area contributed by atoms with Crippen molar-refractivity contribution < 1.29 is 24.2 Å². The topological polar surface area (TPSA) is 80.7 Å². The summed E-state index contributed by atoms with van der Waals surface area (Å²) < 4.78 is 4.96. The number of rotatable bonds is 3. The highest BCUT2D eigenvalue weighted by molar-refractivity contribution is 6.12. The summed E-state index contributed by atoms with van der Waals surface area (Å²) >= 11 is 0. The van der Waals surface area contributed by atoms with Gasteiger partial charge in [0.2, 0.25) is 5.78 Å². The molecule has 0 saturated heterocycles. The predicted octanol–water partition coefficient (Wildman–Crippen LogP) is 1.34. The summed E-state index contributed by atoms with van der Waals surface area (Å²) in [5.74, 6) is -2.39. The van der Waals surface area contributed by atoms with E-state index >= 15 is 0 Å². The van der Waals surface area contributed by atoms with E-state index < -0.39 is 23.2 Å². The largest absolute Gasteiger partial charge is 0.493 e. The maximum absolute atomic E-state index is 12.5. The molecular weight excluding hydrogens is 248 g/mol. The average Bonchev–Trinajstić information content (AvgIpc) is 2.35. The Kier molecular flexibility index (Phi) is 3.30. The molecule has 0 radical (unpaired) electrons. The molecular formula is C14H16O5. The Bertz CT molecular complexity index is 502. The maximum atomic E-state index is 12.5. The quantitative estimate of drug-likeness (QED) is 0.778. The van der Waals surface area contributed by atoms with Crippen LogP contribution in [0.1, 0.15) is 19.8 Å². The van der Waals surface area contributed by atoms with Crippen LogP contribution in [-0.4, -0.2) is 29.8 Å². The summed E-state index contributed by atoms with van der Waals surface area (Å²) in [5.41, 5.74) is -1.02. The zero-order chi connectivity index (χ0) is 14.2. The molecule has 0 heterocycles. The number of carboxylic acids is 1. The number of carboxylic acid groups (broad SMARTS) is 1. The number of methoxy groups -OCH3 is 1. The monoisotopic (exact) mass is 264 g/mol. The zero-order valence-electron chi connectivity index (χ0n) is 10.9. The van der Waals surface area contributed by atoms with Crippen LogP contribution in [0.25, 0.3) is 0 Å². The summed E-state index contributed by atoms with van der Waals surface area (Å²) in [5, 5.41) is 8.97. The van der Waals surface area contributed by atoms with Crippen molar-refractivity contribution in [2.45, 2.75) is 19.8 Å². The molecule has 5 nitrogen and oxygen atoms in total. The van der Waals surface area contributed by atoms with E-state index in [4.69, 9.17) is 9.84 Å². The van der Waals surface area contributed by atoms with E-state index in [9.17, 15) is 14.4 Å². The summed E-state index contributed by atoms with van der Waals surface area (Å²) in [6, 6.07) is 0. The number of allylic oxidation sites excluding steroid dienone is 4. The van der Waals surface area contributed by atoms with Crippen LogP contribution in [0.4, 0.5) is 0 Å². The Labute approximate surface area is 110 Å². The second-order valence-electron chi connectivity index (χ2n) is 5.15. The lowest BCUT2D eigenvalue weighted by Crippen LogP contribution is -2.50. The van der Waals surface area contributed by atoms with Crippen molar-refractivity contribution in [3.05, 3.63) is 24.0 Å². The normalized spacial score (nSPS) is 33.7. The van der Waals surface area contributed by atoms with Crippen LogP contribution in [0.5, 0.6) is 0 Å². The lowest BCUT2D eigenvalue weighted by Gasteiger charge is -2.44. The number of carbonyl (C=O) groups is 3. The van der Waals surface area contributed by atoms with E-state index in [-0.39, 0.29) is 23.7 Å². The number of ketones is 2. The summed E-state index contributed by atoms with van der Waals surface area (Å²) in [4.78, 5) is 35.5. The van der Waals surface area contributed by atoms with E-state index in [1.807, 2.05) is 0 Å². The molecule has 0 aliphatic heterocycles. The first-order chi connectivity index (χ1) is 8.91. The number of ether oxygens (including phenoxy) is 1. The highest BCUT2D eigenvalue weighted by atomic mass is 16.5. The van der Waals surface area contributed by atoms with Gasteiger partial charge in [-0.05, 0) is 6.42 Å². The molecule has 1 N–H and O–H groups in total. The van der Waals surface area contributed by atoms with Crippen LogP contribution in [0.15, 0.2) is 24.0 Å². The second-order valence-corrected chi connectivity index (χ2v) is 5.15. The first-order valence-electron chi connectivity index (χ1n) is 6.14. The number of hydrogen-bond donors (Lipinski definition) is 1. The third-order valence-corrected chi connectivity index (χ3v) is 4.18. The third-order valence-electron chi connectivity index (χ3n) is 4.18. The van der Waals surface area contributed by atoms with Crippen molar-refractivity contribution in [2.24, 2.45) is 17.3 Å². The van der Waals surface area contributed by atoms with Crippen LogP contribution in [0, 0.1) is 17.3 Å². The number of Topliss-reactive ketones (excluding diaryl/α,β-unsaturated/α-hetero) is 1. The number of hydrogen-bond acceptors (Lipinski definition) is 4. The number of carbonyl (C=O) groups excluding carboxylic acids is 2. The Balaban J connectivity index is 2.48. The third kappa shape index (κ3) is 1.99. The van der Waals surface area contributed by atoms with Crippen LogP contribution >= 0.6 is 0 Å². The Morgan fingerprint density at radius 1 is 1.53 bits per heavy atom. The Morgan fingerprint density at radius 2 is 2.21 bits per heavy atom. The SMILES string of the molecule is COC1=CC(=O)[C@H]2CC=C[C@@H](CC(=O)O)[C@@]2(C)C1=O. The first-order valence-corrected chi connectivity index (χ1v) is 6.14. The Morgan fingerprint density at radius 3 is 2.79 bits per heavy atom. The van der Waals surface area contributed by atoms with E-state index in [0.717, 1.165) is 0 Å². The van der Waals surface area contributed by atoms with Gasteiger partial charge in [-0.3, -0.25) is 14.4 Å². The number of aliphatic carboxylic acids is 1. The van der Waals surface area contributed by atoms with Crippen molar-refractivity contribution >= 4 is 17.5 Å². The van der Waals surface area contributed by atoms with Crippen molar-refractivity contribution in [3.63, 3.8) is 0 Å². The van der Waals surface area contributed by atoms with Crippen molar-refractivity contribution in [2.75, 3.05) is 7.11 Å². The minimum absolute atomic E-state index is 0.0226. The van der Waals surface area contributed by atoms with E-state index in [1.165, 1.54) is 13.2 Å². The fraction of sp³-hybridized carbons (Fsp3) is 0.500. The minimum Gasteiger partial charge on any atom is -0.493 e. The van der Waals surface area contributed by atoms with Crippen LogP contribution in [0.2, 0.25) is 0 Å². The van der Waals surface area contributed by atoms with Gasteiger partial charge < -0.3 is 9.84 Å². The molecule has 2 aliphatic carbocycles. The molecule has 0 aromatic carbocycles. The fourth-order valence-corrected chi connectivity index (χ4v) is 3.00. The summed E-state index contributed by atoms with van der Waals surface area (Å²) in [6.45, 7) is 1.67. The van der Waals surface area contributed by atoms with Gasteiger partial charge in [-0.1, -0.05) is 19.1 Å². The first kappa shape index (κ1) is 13.5. The van der Waals surface area contributed by atoms with Crippen LogP contribution < -0.4 is 0 Å². The standard InChI is InChI=1S/C14H16O5/c1-14-8(6-12(16)17)4-3-5-9(14)10(15)7-11(19-2)13(14)18/h3-4,7-9H,5-6H2,1-2H3,(H,16,17)/t8-,9+,14+/m0/s1. The van der Waals surface area contributed by atoms with Crippen molar-refractivity contribution in [1.82, 2.24) is 0 Å². The van der Waals surface area contributed by atoms with Gasteiger partial charge in [0.25, 0.3) is 0 Å². The second kappa shape index (κ2) is 4.64.